The first kappa shape index (κ1) is 12.2. The van der Waals surface area contributed by atoms with E-state index in [1.165, 1.54) is 0 Å². The molecule has 5 heteroatoms. The highest BCUT2D eigenvalue weighted by Crippen LogP contribution is 2.57. The molecule has 0 radical (unpaired) electrons. The number of rotatable bonds is 2. The fourth-order valence-electron chi connectivity index (χ4n) is 2.66. The zero-order valence-corrected chi connectivity index (χ0v) is 12.1. The summed E-state index contributed by atoms with van der Waals surface area (Å²) in [5.41, 5.74) is 2.09. The number of benzene rings is 1. The summed E-state index contributed by atoms with van der Waals surface area (Å²) < 4.78 is 0.698. The molecule has 0 atom stereocenters. The van der Waals surface area contributed by atoms with Gasteiger partial charge in [-0.1, -0.05) is 0 Å². The summed E-state index contributed by atoms with van der Waals surface area (Å²) in [5.74, 6) is -0.0298. The molecule has 1 aliphatic carbocycles. The smallest absolute Gasteiger partial charge is 0.237 e. The van der Waals surface area contributed by atoms with Crippen molar-refractivity contribution in [1.29, 1.82) is 0 Å². The van der Waals surface area contributed by atoms with E-state index in [9.17, 15) is 9.59 Å². The summed E-state index contributed by atoms with van der Waals surface area (Å²) in [5, 5.41) is 0. The topological polar surface area (TPSA) is 37.4 Å². The molecule has 1 aliphatic heterocycles. The van der Waals surface area contributed by atoms with Crippen molar-refractivity contribution in [2.75, 3.05) is 17.8 Å². The maximum atomic E-state index is 12.2. The van der Waals surface area contributed by atoms with Crippen LogP contribution < -0.4 is 4.90 Å². The Labute approximate surface area is 118 Å². The molecular weight excluding hydrogens is 318 g/mol. The number of amides is 1. The van der Waals surface area contributed by atoms with E-state index in [1.807, 2.05) is 12.1 Å². The van der Waals surface area contributed by atoms with Crippen molar-refractivity contribution in [3.63, 3.8) is 0 Å². The highest BCUT2D eigenvalue weighted by Gasteiger charge is 2.58. The second-order valence-corrected chi connectivity index (χ2v) is 5.97. The third-order valence-corrected chi connectivity index (χ3v) is 4.75. The molecule has 0 saturated heterocycles. The van der Waals surface area contributed by atoms with Gasteiger partial charge in [0.1, 0.15) is 0 Å². The number of Topliss-reactive ketones (excluding diaryl/α,β-unsaturated/α-hetero) is 1. The van der Waals surface area contributed by atoms with Crippen LogP contribution in [0.3, 0.4) is 0 Å². The number of anilines is 1. The van der Waals surface area contributed by atoms with Gasteiger partial charge in [-0.25, -0.2) is 0 Å². The molecular formula is C13H11BrClNO2. The van der Waals surface area contributed by atoms with Gasteiger partial charge in [-0.3, -0.25) is 9.59 Å². The van der Waals surface area contributed by atoms with Crippen molar-refractivity contribution < 1.29 is 9.59 Å². The molecule has 1 spiro atoms. The summed E-state index contributed by atoms with van der Waals surface area (Å²) in [6.45, 7) is 0. The third-order valence-electron chi connectivity index (χ3n) is 3.85. The Morgan fingerprint density at radius 3 is 2.72 bits per heavy atom. The van der Waals surface area contributed by atoms with Gasteiger partial charge in [0.15, 0.2) is 5.78 Å². The number of halogens is 2. The van der Waals surface area contributed by atoms with Crippen molar-refractivity contribution in [2.45, 2.75) is 18.3 Å². The molecule has 3 nitrogen and oxygen atoms in total. The van der Waals surface area contributed by atoms with Crippen molar-refractivity contribution in [2.24, 2.45) is 0 Å². The molecule has 94 valence electrons. The predicted octanol–water partition coefficient (Wildman–Crippen LogP) is 2.88. The quantitative estimate of drug-likeness (QED) is 0.618. The molecule has 2 aliphatic rings. The molecule has 0 bridgehead atoms. The number of ketones is 1. The fourth-order valence-corrected chi connectivity index (χ4v) is 3.36. The lowest BCUT2D eigenvalue weighted by atomic mass is 9.95. The highest BCUT2D eigenvalue weighted by atomic mass is 79.9. The number of likely N-dealkylation sites (N-methyl/N-ethyl adjacent to an activating group) is 1. The van der Waals surface area contributed by atoms with Crippen molar-refractivity contribution in [3.05, 3.63) is 27.7 Å². The molecule has 1 fully saturated rings. The van der Waals surface area contributed by atoms with Gasteiger partial charge in [0, 0.05) is 22.8 Å². The number of nitrogens with zero attached hydrogens (tertiary/aromatic N) is 1. The Bertz CT molecular complexity index is 581. The van der Waals surface area contributed by atoms with Gasteiger partial charge in [-0.05, 0) is 46.5 Å². The van der Waals surface area contributed by atoms with Gasteiger partial charge >= 0.3 is 0 Å². The lowest BCUT2D eigenvalue weighted by molar-refractivity contribution is -0.119. The SMILES string of the molecule is CN1C(=O)C2(CC2)c2cc(C(=O)CCl)c(Br)cc21. The van der Waals surface area contributed by atoms with Crippen LogP contribution in [-0.4, -0.2) is 24.6 Å². The van der Waals surface area contributed by atoms with E-state index in [4.69, 9.17) is 11.6 Å². The summed E-state index contributed by atoms with van der Waals surface area (Å²) in [4.78, 5) is 25.7. The van der Waals surface area contributed by atoms with Crippen molar-refractivity contribution >= 4 is 44.9 Å². The zero-order valence-electron chi connectivity index (χ0n) is 9.80. The molecule has 18 heavy (non-hydrogen) atoms. The minimum atomic E-state index is -0.355. The second-order valence-electron chi connectivity index (χ2n) is 4.85. The van der Waals surface area contributed by atoms with Gasteiger partial charge in [-0.15, -0.1) is 11.6 Å². The number of fused-ring (bicyclic) bond motifs is 2. The lowest BCUT2D eigenvalue weighted by Gasteiger charge is -2.11. The number of alkyl halides is 1. The standard InChI is InChI=1S/C13H11BrClNO2/c1-16-10-5-9(14)7(11(17)6-15)4-8(10)13(2-3-13)12(16)18/h4-5H,2-3,6H2,1H3. The third kappa shape index (κ3) is 1.42. The van der Waals surface area contributed by atoms with Crippen LogP contribution >= 0.6 is 27.5 Å². The average Bonchev–Trinajstić information content (AvgIpc) is 3.13. The first-order valence-corrected chi connectivity index (χ1v) is 7.05. The Kier molecular flexibility index (Phi) is 2.58. The Morgan fingerprint density at radius 2 is 2.17 bits per heavy atom. The van der Waals surface area contributed by atoms with Gasteiger partial charge in [0.25, 0.3) is 0 Å². The summed E-state index contributed by atoms with van der Waals surface area (Å²) in [6.07, 6.45) is 1.75. The number of hydrogen-bond acceptors (Lipinski definition) is 2. The fraction of sp³-hybridized carbons (Fsp3) is 0.385. The maximum Gasteiger partial charge on any atom is 0.237 e. The maximum absolute atomic E-state index is 12.2. The first-order valence-electron chi connectivity index (χ1n) is 5.72. The molecule has 1 amide bonds. The molecule has 0 unspecified atom stereocenters. The van der Waals surface area contributed by atoms with Crippen molar-refractivity contribution in [1.82, 2.24) is 0 Å². The largest absolute Gasteiger partial charge is 0.314 e. The van der Waals surface area contributed by atoms with Crippen molar-refractivity contribution in [3.8, 4) is 0 Å². The molecule has 1 aromatic carbocycles. The summed E-state index contributed by atoms with van der Waals surface area (Å²) in [6, 6.07) is 3.68. The van der Waals surface area contributed by atoms with E-state index in [2.05, 4.69) is 15.9 Å². The number of hydrogen-bond donors (Lipinski definition) is 0. The van der Waals surface area contributed by atoms with Gasteiger partial charge in [0.2, 0.25) is 5.91 Å². The van der Waals surface area contributed by atoms with Crippen LogP contribution in [0.2, 0.25) is 0 Å². The first-order chi connectivity index (χ1) is 8.51. The monoisotopic (exact) mass is 327 g/mol. The summed E-state index contributed by atoms with van der Waals surface area (Å²) >= 11 is 8.98. The molecule has 3 rings (SSSR count). The van der Waals surface area contributed by atoms with Crippen LogP contribution in [0.1, 0.15) is 28.8 Å². The molecule has 1 heterocycles. The van der Waals surface area contributed by atoms with E-state index in [1.54, 1.807) is 11.9 Å². The minimum absolute atomic E-state index is 0.0474. The van der Waals surface area contributed by atoms with Gasteiger partial charge in [0.05, 0.1) is 11.3 Å². The van der Waals surface area contributed by atoms with Crippen LogP contribution in [0.15, 0.2) is 16.6 Å². The van der Waals surface area contributed by atoms with Gasteiger partial charge < -0.3 is 4.90 Å². The summed E-state index contributed by atoms with van der Waals surface area (Å²) in [7, 11) is 1.78. The molecule has 1 saturated carbocycles. The van der Waals surface area contributed by atoms with Crippen LogP contribution in [-0.2, 0) is 10.2 Å². The second kappa shape index (κ2) is 3.81. The minimum Gasteiger partial charge on any atom is -0.314 e. The molecule has 0 N–H and O–H groups in total. The zero-order chi connectivity index (χ0) is 13.1. The van der Waals surface area contributed by atoms with E-state index in [0.29, 0.717) is 10.0 Å². The van der Waals surface area contributed by atoms with E-state index in [0.717, 1.165) is 24.1 Å². The van der Waals surface area contributed by atoms with E-state index < -0.39 is 0 Å². The Hall–Kier alpha value is -0.870. The highest BCUT2D eigenvalue weighted by molar-refractivity contribution is 9.10. The predicted molar refractivity (Wildman–Crippen MR) is 73.5 cm³/mol. The van der Waals surface area contributed by atoms with Crippen LogP contribution in [0.4, 0.5) is 5.69 Å². The Balaban J connectivity index is 2.20. The number of carbonyl (C=O) groups is 2. The Morgan fingerprint density at radius 1 is 1.50 bits per heavy atom. The lowest BCUT2D eigenvalue weighted by Crippen LogP contribution is -2.27. The molecule has 0 aromatic heterocycles. The van der Waals surface area contributed by atoms with E-state index >= 15 is 0 Å². The van der Waals surface area contributed by atoms with E-state index in [-0.39, 0.29) is 23.0 Å². The molecule has 1 aromatic rings. The van der Waals surface area contributed by atoms with Gasteiger partial charge in [-0.2, -0.15) is 0 Å². The normalized spacial score (nSPS) is 19.3. The average molecular weight is 329 g/mol. The van der Waals surface area contributed by atoms with Crippen LogP contribution in [0.5, 0.6) is 0 Å². The van der Waals surface area contributed by atoms with Crippen LogP contribution in [0.25, 0.3) is 0 Å². The van der Waals surface area contributed by atoms with Crippen LogP contribution in [0, 0.1) is 0 Å². The number of carbonyl (C=O) groups excluding carboxylic acids is 2.